The molecule has 6 nitrogen and oxygen atoms in total. The van der Waals surface area contributed by atoms with Crippen LogP contribution < -0.4 is 0 Å². The van der Waals surface area contributed by atoms with Gasteiger partial charge in [0, 0.05) is 15.4 Å². The lowest BCUT2D eigenvalue weighted by atomic mass is 9.96. The molecular weight excluding hydrogens is 526 g/mol. The molecule has 0 saturated heterocycles. The van der Waals surface area contributed by atoms with Crippen LogP contribution in [0.4, 0.5) is 9.18 Å². The number of hydrogen-bond donors (Lipinski definition) is 0. The first-order chi connectivity index (χ1) is 14.7. The van der Waals surface area contributed by atoms with E-state index in [1.165, 1.54) is 12.3 Å². The Morgan fingerprint density at radius 1 is 1.03 bits per heavy atom. The van der Waals surface area contributed by atoms with Crippen LogP contribution in [0, 0.1) is 9.39 Å². The third-order valence-electron chi connectivity index (χ3n) is 4.43. The van der Waals surface area contributed by atoms with Crippen molar-refractivity contribution in [3.05, 3.63) is 62.6 Å². The first kappa shape index (κ1) is 24.2. The number of hydrogen-bond acceptors (Lipinski definition) is 5. The highest BCUT2D eigenvalue weighted by atomic mass is 127. The van der Waals surface area contributed by atoms with Gasteiger partial charge in [-0.3, -0.25) is 0 Å². The molecule has 0 aliphatic carbocycles. The van der Waals surface area contributed by atoms with Gasteiger partial charge in [0.1, 0.15) is 17.0 Å². The highest BCUT2D eigenvalue weighted by molar-refractivity contribution is 14.1. The number of fused-ring (bicyclic) bond motifs is 1. The molecule has 32 heavy (non-hydrogen) atoms. The van der Waals surface area contributed by atoms with Crippen molar-refractivity contribution in [1.29, 1.82) is 0 Å². The summed E-state index contributed by atoms with van der Waals surface area (Å²) in [6, 6.07) is 8.13. The quantitative estimate of drug-likeness (QED) is 0.290. The van der Waals surface area contributed by atoms with Crippen molar-refractivity contribution in [1.82, 2.24) is 9.78 Å². The van der Waals surface area contributed by atoms with Crippen molar-refractivity contribution in [3.8, 4) is 0 Å². The number of nitrogens with zero attached hydrogens (tertiary/aromatic N) is 2. The van der Waals surface area contributed by atoms with E-state index in [-0.39, 0.29) is 12.2 Å². The molecule has 3 rings (SSSR count). The molecule has 0 fully saturated rings. The molecule has 1 aromatic heterocycles. The predicted octanol–water partition coefficient (Wildman–Crippen LogP) is 6.11. The van der Waals surface area contributed by atoms with Crippen LogP contribution in [0.2, 0.25) is 0 Å². The van der Waals surface area contributed by atoms with Gasteiger partial charge in [0.15, 0.2) is 0 Å². The number of carbonyl (C=O) groups is 2. The number of benzene rings is 2. The first-order valence-corrected chi connectivity index (χ1v) is 11.2. The van der Waals surface area contributed by atoms with Gasteiger partial charge in [-0.15, -0.1) is 0 Å². The third-order valence-corrected chi connectivity index (χ3v) is 5.10. The molecule has 2 aromatic carbocycles. The van der Waals surface area contributed by atoms with Gasteiger partial charge < -0.3 is 9.47 Å². The van der Waals surface area contributed by atoms with Gasteiger partial charge in [-0.25, -0.2) is 14.0 Å². The van der Waals surface area contributed by atoms with E-state index in [0.717, 1.165) is 8.25 Å². The molecule has 3 aromatic rings. The maximum Gasteiger partial charge on any atom is 0.435 e. The minimum Gasteiger partial charge on any atom is -0.456 e. The fourth-order valence-electron chi connectivity index (χ4n) is 3.18. The summed E-state index contributed by atoms with van der Waals surface area (Å²) in [7, 11) is 0. The van der Waals surface area contributed by atoms with E-state index in [1.807, 2.05) is 22.6 Å². The van der Waals surface area contributed by atoms with Crippen LogP contribution in [-0.4, -0.2) is 33.0 Å². The average molecular weight is 552 g/mol. The lowest BCUT2D eigenvalue weighted by Gasteiger charge is -2.21. The Balaban J connectivity index is 2.15. The zero-order valence-electron chi connectivity index (χ0n) is 19.0. The maximum atomic E-state index is 14.6. The maximum absolute atomic E-state index is 14.6. The zero-order chi connectivity index (χ0) is 23.8. The fraction of sp³-hybridized carbons (Fsp3) is 0.375. The van der Waals surface area contributed by atoms with E-state index < -0.39 is 23.3 Å². The highest BCUT2D eigenvalue weighted by Gasteiger charge is 2.26. The van der Waals surface area contributed by atoms with Gasteiger partial charge in [0.2, 0.25) is 0 Å². The predicted molar refractivity (Wildman–Crippen MR) is 128 cm³/mol. The van der Waals surface area contributed by atoms with Gasteiger partial charge in [-0.1, -0.05) is 6.07 Å². The van der Waals surface area contributed by atoms with Crippen LogP contribution in [0.5, 0.6) is 0 Å². The summed E-state index contributed by atoms with van der Waals surface area (Å²) < 4.78 is 27.6. The Morgan fingerprint density at radius 2 is 1.69 bits per heavy atom. The largest absolute Gasteiger partial charge is 0.456 e. The summed E-state index contributed by atoms with van der Waals surface area (Å²) in [6.45, 7) is 10.6. The van der Waals surface area contributed by atoms with Gasteiger partial charge in [-0.2, -0.15) is 9.78 Å². The summed E-state index contributed by atoms with van der Waals surface area (Å²) in [5, 5.41) is 4.74. The van der Waals surface area contributed by atoms with Gasteiger partial charge in [0.25, 0.3) is 0 Å². The van der Waals surface area contributed by atoms with Gasteiger partial charge >= 0.3 is 12.1 Å². The normalized spacial score (nSPS) is 12.1. The minimum absolute atomic E-state index is 0.134. The Morgan fingerprint density at radius 3 is 2.28 bits per heavy atom. The topological polar surface area (TPSA) is 70.4 Å². The van der Waals surface area contributed by atoms with E-state index in [0.29, 0.717) is 27.6 Å². The van der Waals surface area contributed by atoms with Crippen molar-refractivity contribution in [2.45, 2.75) is 59.2 Å². The monoisotopic (exact) mass is 552 g/mol. The summed E-state index contributed by atoms with van der Waals surface area (Å²) in [5.41, 5.74) is 0.331. The lowest BCUT2D eigenvalue weighted by molar-refractivity contribution is 0.00684. The second kappa shape index (κ2) is 8.80. The molecule has 0 spiro atoms. The van der Waals surface area contributed by atoms with Crippen LogP contribution in [0.25, 0.3) is 10.9 Å². The van der Waals surface area contributed by atoms with Crippen LogP contribution in [0.1, 0.15) is 63.0 Å². The first-order valence-electron chi connectivity index (χ1n) is 10.2. The minimum atomic E-state index is -0.696. The van der Waals surface area contributed by atoms with Crippen LogP contribution >= 0.6 is 22.6 Å². The van der Waals surface area contributed by atoms with Crippen LogP contribution in [0.3, 0.4) is 0 Å². The number of esters is 1. The SMILES string of the molecule is CC(C)(C)OC(=O)c1ccc2c(cnn2C(=O)OC(C)(C)C)c1Cc1ccc(I)cc1F. The number of aromatic nitrogens is 2. The molecule has 0 unspecified atom stereocenters. The third kappa shape index (κ3) is 5.65. The molecule has 0 bridgehead atoms. The lowest BCUT2D eigenvalue weighted by Crippen LogP contribution is -2.27. The van der Waals surface area contributed by atoms with E-state index in [2.05, 4.69) is 5.10 Å². The smallest absolute Gasteiger partial charge is 0.435 e. The summed E-state index contributed by atoms with van der Waals surface area (Å²) in [5.74, 6) is -0.895. The number of rotatable bonds is 3. The molecule has 0 saturated carbocycles. The fourth-order valence-corrected chi connectivity index (χ4v) is 3.63. The number of halogens is 2. The molecule has 0 N–H and O–H groups in total. The van der Waals surface area contributed by atoms with Crippen LogP contribution in [-0.2, 0) is 15.9 Å². The molecule has 0 amide bonds. The van der Waals surface area contributed by atoms with Crippen LogP contribution in [0.15, 0.2) is 36.5 Å². The molecular formula is C24H26FIN2O4. The van der Waals surface area contributed by atoms with Gasteiger partial charge in [-0.05, 0) is 99.5 Å². The standard InChI is InChI=1S/C24H26FIN2O4/c1-23(2,3)31-21(29)16-9-10-20-18(13-27-28(20)22(30)32-24(4,5)6)17(16)11-14-7-8-15(26)12-19(14)25/h7-10,12-13H,11H2,1-6H3. The number of ether oxygens (including phenoxy) is 2. The average Bonchev–Trinajstić information content (AvgIpc) is 3.05. The summed E-state index contributed by atoms with van der Waals surface area (Å²) in [6.07, 6.45) is 0.991. The van der Waals surface area contributed by atoms with E-state index in [9.17, 15) is 14.0 Å². The molecule has 0 aliphatic rings. The Kier molecular flexibility index (Phi) is 6.65. The molecule has 8 heteroatoms. The van der Waals surface area contributed by atoms with Crippen molar-refractivity contribution in [2.24, 2.45) is 0 Å². The van der Waals surface area contributed by atoms with Crippen molar-refractivity contribution >= 4 is 45.6 Å². The Hall–Kier alpha value is -2.49. The zero-order valence-corrected chi connectivity index (χ0v) is 21.1. The molecule has 0 aliphatic heterocycles. The summed E-state index contributed by atoms with van der Waals surface area (Å²) >= 11 is 2.04. The highest BCUT2D eigenvalue weighted by Crippen LogP contribution is 2.29. The molecule has 170 valence electrons. The van der Waals surface area contributed by atoms with Gasteiger partial charge in [0.05, 0.1) is 17.3 Å². The molecule has 0 radical (unpaired) electrons. The Bertz CT molecular complexity index is 1190. The van der Waals surface area contributed by atoms with E-state index in [4.69, 9.17) is 9.47 Å². The summed E-state index contributed by atoms with van der Waals surface area (Å²) in [4.78, 5) is 25.6. The van der Waals surface area contributed by atoms with E-state index >= 15 is 0 Å². The Labute approximate surface area is 200 Å². The van der Waals surface area contributed by atoms with Crippen molar-refractivity contribution in [3.63, 3.8) is 0 Å². The second-order valence-electron chi connectivity index (χ2n) is 9.48. The van der Waals surface area contributed by atoms with E-state index in [1.54, 1.807) is 65.8 Å². The molecule has 0 atom stereocenters. The van der Waals surface area contributed by atoms with Crippen molar-refractivity contribution in [2.75, 3.05) is 0 Å². The second-order valence-corrected chi connectivity index (χ2v) is 10.7. The number of carbonyl (C=O) groups excluding carboxylic acids is 2. The van der Waals surface area contributed by atoms with Crippen molar-refractivity contribution < 1.29 is 23.5 Å². The molecule has 1 heterocycles.